The lowest BCUT2D eigenvalue weighted by Gasteiger charge is -2.06. The third-order valence-corrected chi connectivity index (χ3v) is 4.74. The second-order valence-electron chi connectivity index (χ2n) is 7.18. The maximum absolute atomic E-state index is 5.80. The van der Waals surface area contributed by atoms with Crippen molar-refractivity contribution >= 4 is 12.4 Å². The van der Waals surface area contributed by atoms with Crippen LogP contribution in [0.3, 0.4) is 0 Å². The van der Waals surface area contributed by atoms with Crippen molar-refractivity contribution in [2.75, 3.05) is 0 Å². The van der Waals surface area contributed by atoms with Crippen LogP contribution in [0.5, 0.6) is 11.5 Å². The molecule has 4 aromatic rings. The molecule has 0 heterocycles. The Kier molecular flexibility index (Phi) is 7.42. The minimum atomic E-state index is 0.550. The smallest absolute Gasteiger partial charge is 0.119 e. The molecule has 0 atom stereocenters. The zero-order chi connectivity index (χ0) is 21.8. The Bertz CT molecular complexity index is 1040. The van der Waals surface area contributed by atoms with E-state index >= 15 is 0 Å². The largest absolute Gasteiger partial charge is 0.489 e. The Morgan fingerprint density at radius 3 is 1.22 bits per heavy atom. The number of hydrogen-bond donors (Lipinski definition) is 0. The molecular formula is C28H24N2O2. The predicted octanol–water partition coefficient (Wildman–Crippen LogP) is 6.30. The average Bonchev–Trinajstić information content (AvgIpc) is 2.87. The van der Waals surface area contributed by atoms with Crippen molar-refractivity contribution in [3.63, 3.8) is 0 Å². The van der Waals surface area contributed by atoms with Gasteiger partial charge in [0.15, 0.2) is 0 Å². The van der Waals surface area contributed by atoms with Gasteiger partial charge < -0.3 is 9.47 Å². The van der Waals surface area contributed by atoms with Gasteiger partial charge in [-0.05, 0) is 70.8 Å². The summed E-state index contributed by atoms with van der Waals surface area (Å²) in [6.07, 6.45) is 3.43. The van der Waals surface area contributed by atoms with Crippen LogP contribution in [0, 0.1) is 0 Å². The van der Waals surface area contributed by atoms with Gasteiger partial charge >= 0.3 is 0 Å². The lowest BCUT2D eigenvalue weighted by atomic mass is 10.2. The van der Waals surface area contributed by atoms with Crippen LogP contribution in [-0.4, -0.2) is 12.4 Å². The van der Waals surface area contributed by atoms with Crippen LogP contribution in [0.25, 0.3) is 0 Å². The van der Waals surface area contributed by atoms with Crippen molar-refractivity contribution in [2.24, 2.45) is 10.2 Å². The van der Waals surface area contributed by atoms with Crippen LogP contribution in [0.2, 0.25) is 0 Å². The van der Waals surface area contributed by atoms with Crippen LogP contribution in [0.4, 0.5) is 0 Å². The van der Waals surface area contributed by atoms with E-state index in [0.29, 0.717) is 13.2 Å². The van der Waals surface area contributed by atoms with Crippen molar-refractivity contribution in [1.82, 2.24) is 0 Å². The summed E-state index contributed by atoms with van der Waals surface area (Å²) in [5.74, 6) is 1.65. The zero-order valence-electron chi connectivity index (χ0n) is 17.7. The first kappa shape index (κ1) is 21.1. The van der Waals surface area contributed by atoms with Crippen LogP contribution >= 0.6 is 0 Å². The fourth-order valence-electron chi connectivity index (χ4n) is 2.98. The quantitative estimate of drug-likeness (QED) is 0.236. The summed E-state index contributed by atoms with van der Waals surface area (Å²) in [6, 6.07) is 35.8. The van der Waals surface area contributed by atoms with E-state index in [0.717, 1.165) is 33.8 Å². The summed E-state index contributed by atoms with van der Waals surface area (Å²) in [6.45, 7) is 1.10. The van der Waals surface area contributed by atoms with Gasteiger partial charge in [0.05, 0.1) is 12.4 Å². The number of ether oxygens (including phenoxy) is 2. The summed E-state index contributed by atoms with van der Waals surface area (Å²) in [5, 5.41) is 8.26. The second kappa shape index (κ2) is 11.3. The number of hydrogen-bond acceptors (Lipinski definition) is 4. The van der Waals surface area contributed by atoms with Crippen molar-refractivity contribution < 1.29 is 9.47 Å². The van der Waals surface area contributed by atoms with Crippen LogP contribution in [-0.2, 0) is 13.2 Å². The zero-order valence-corrected chi connectivity index (χ0v) is 17.7. The van der Waals surface area contributed by atoms with Gasteiger partial charge in [-0.2, -0.15) is 10.2 Å². The maximum Gasteiger partial charge on any atom is 0.119 e. The molecule has 0 spiro atoms. The van der Waals surface area contributed by atoms with Gasteiger partial charge in [-0.3, -0.25) is 0 Å². The Balaban J connectivity index is 1.24. The van der Waals surface area contributed by atoms with Crippen molar-refractivity contribution in [1.29, 1.82) is 0 Å². The van der Waals surface area contributed by atoms with Gasteiger partial charge in [-0.1, -0.05) is 60.7 Å². The highest BCUT2D eigenvalue weighted by Crippen LogP contribution is 2.15. The van der Waals surface area contributed by atoms with E-state index in [-0.39, 0.29) is 0 Å². The van der Waals surface area contributed by atoms with Crippen LogP contribution in [0.1, 0.15) is 22.3 Å². The van der Waals surface area contributed by atoms with Gasteiger partial charge in [0.2, 0.25) is 0 Å². The van der Waals surface area contributed by atoms with Crippen LogP contribution < -0.4 is 9.47 Å². The Morgan fingerprint density at radius 2 is 0.844 bits per heavy atom. The molecular weight excluding hydrogens is 396 g/mol. The lowest BCUT2D eigenvalue weighted by molar-refractivity contribution is 0.306. The molecule has 4 nitrogen and oxygen atoms in total. The highest BCUT2D eigenvalue weighted by Gasteiger charge is 1.97. The Morgan fingerprint density at radius 1 is 0.469 bits per heavy atom. The Hall–Kier alpha value is -4.18. The normalized spacial score (nSPS) is 11.1. The molecule has 158 valence electrons. The highest BCUT2D eigenvalue weighted by atomic mass is 16.5. The standard InChI is InChI=1S/C28H24N2O2/c1-3-7-25(8-4-1)21-31-27-15-11-23(12-16-27)19-29-30-20-24-13-17-28(18-14-24)32-22-26-9-5-2-6-10-26/h1-20H,21-22H2/b29-19-,30-20-. The van der Waals surface area contributed by atoms with Crippen molar-refractivity contribution in [2.45, 2.75) is 13.2 Å². The molecule has 0 bridgehead atoms. The first-order valence-corrected chi connectivity index (χ1v) is 10.5. The molecule has 0 aliphatic heterocycles. The summed E-state index contributed by atoms with van der Waals surface area (Å²) in [7, 11) is 0. The van der Waals surface area contributed by atoms with Gasteiger partial charge in [-0.15, -0.1) is 0 Å². The third kappa shape index (κ3) is 6.67. The highest BCUT2D eigenvalue weighted by molar-refractivity contribution is 5.82. The van der Waals surface area contributed by atoms with E-state index in [1.165, 1.54) is 0 Å². The lowest BCUT2D eigenvalue weighted by Crippen LogP contribution is -1.95. The molecule has 0 saturated carbocycles. The minimum Gasteiger partial charge on any atom is -0.489 e. The van der Waals surface area contributed by atoms with E-state index in [9.17, 15) is 0 Å². The molecule has 4 heteroatoms. The first-order valence-electron chi connectivity index (χ1n) is 10.5. The number of nitrogens with zero attached hydrogens (tertiary/aromatic N) is 2. The Labute approximate surface area is 188 Å². The van der Waals surface area contributed by atoms with E-state index in [1.807, 2.05) is 109 Å². The van der Waals surface area contributed by atoms with E-state index < -0.39 is 0 Å². The molecule has 0 fully saturated rings. The fraction of sp³-hybridized carbons (Fsp3) is 0.0714. The molecule has 32 heavy (non-hydrogen) atoms. The van der Waals surface area contributed by atoms with Gasteiger partial charge in [0, 0.05) is 0 Å². The number of benzene rings is 4. The van der Waals surface area contributed by atoms with Crippen molar-refractivity contribution in [3.8, 4) is 11.5 Å². The molecule has 0 aliphatic rings. The van der Waals surface area contributed by atoms with Crippen LogP contribution in [0.15, 0.2) is 119 Å². The minimum absolute atomic E-state index is 0.550. The SMILES string of the molecule is C(=N/N=C\c1ccc(OCc2ccccc2)cc1)/c1ccc(OCc2ccccc2)cc1. The summed E-state index contributed by atoms with van der Waals surface area (Å²) < 4.78 is 11.6. The summed E-state index contributed by atoms with van der Waals surface area (Å²) in [4.78, 5) is 0. The van der Waals surface area contributed by atoms with E-state index in [4.69, 9.17) is 9.47 Å². The van der Waals surface area contributed by atoms with Gasteiger partial charge in [0.25, 0.3) is 0 Å². The molecule has 4 aromatic carbocycles. The maximum atomic E-state index is 5.80. The molecule has 0 unspecified atom stereocenters. The van der Waals surface area contributed by atoms with Crippen molar-refractivity contribution in [3.05, 3.63) is 131 Å². The molecule has 4 rings (SSSR count). The monoisotopic (exact) mass is 420 g/mol. The molecule has 0 saturated heterocycles. The van der Waals surface area contributed by atoms with E-state index in [1.54, 1.807) is 12.4 Å². The second-order valence-corrected chi connectivity index (χ2v) is 7.18. The fourth-order valence-corrected chi connectivity index (χ4v) is 2.98. The first-order chi connectivity index (χ1) is 15.8. The molecule has 0 radical (unpaired) electrons. The molecule has 0 aliphatic carbocycles. The number of rotatable bonds is 9. The molecule has 0 amide bonds. The van der Waals surface area contributed by atoms with Gasteiger partial charge in [-0.25, -0.2) is 0 Å². The van der Waals surface area contributed by atoms with Gasteiger partial charge in [0.1, 0.15) is 24.7 Å². The third-order valence-electron chi connectivity index (χ3n) is 4.74. The predicted molar refractivity (Wildman–Crippen MR) is 130 cm³/mol. The summed E-state index contributed by atoms with van der Waals surface area (Å²) in [5.41, 5.74) is 4.20. The average molecular weight is 421 g/mol. The van der Waals surface area contributed by atoms with E-state index in [2.05, 4.69) is 10.2 Å². The summed E-state index contributed by atoms with van der Waals surface area (Å²) >= 11 is 0. The topological polar surface area (TPSA) is 43.2 Å². The molecule has 0 aromatic heterocycles. The molecule has 0 N–H and O–H groups in total.